The second-order valence-electron chi connectivity index (χ2n) is 6.37. The summed E-state index contributed by atoms with van der Waals surface area (Å²) in [5, 5.41) is 3.05. The van der Waals surface area contributed by atoms with Gasteiger partial charge in [0.1, 0.15) is 12.4 Å². The van der Waals surface area contributed by atoms with Crippen molar-refractivity contribution in [1.29, 1.82) is 0 Å². The Labute approximate surface area is 173 Å². The van der Waals surface area contributed by atoms with Crippen molar-refractivity contribution in [1.82, 2.24) is 5.32 Å². The third-order valence-corrected chi connectivity index (χ3v) is 4.71. The molecule has 0 fully saturated rings. The third-order valence-electron chi connectivity index (χ3n) is 4.35. The lowest BCUT2D eigenvalue weighted by Gasteiger charge is -2.19. The van der Waals surface area contributed by atoms with Gasteiger partial charge >= 0.3 is 5.97 Å². The molecule has 0 spiro atoms. The quantitative estimate of drug-likeness (QED) is 0.551. The first-order chi connectivity index (χ1) is 14.0. The molecule has 4 nitrogen and oxygen atoms in total. The van der Waals surface area contributed by atoms with E-state index in [9.17, 15) is 14.0 Å². The van der Waals surface area contributed by atoms with E-state index in [4.69, 9.17) is 16.3 Å². The Morgan fingerprint density at radius 3 is 2.24 bits per heavy atom. The van der Waals surface area contributed by atoms with Crippen molar-refractivity contribution >= 4 is 23.5 Å². The number of rotatable bonds is 7. The fourth-order valence-electron chi connectivity index (χ4n) is 2.82. The Bertz CT molecular complexity index is 960. The van der Waals surface area contributed by atoms with Crippen molar-refractivity contribution < 1.29 is 18.7 Å². The highest BCUT2D eigenvalue weighted by molar-refractivity contribution is 6.31. The largest absolute Gasteiger partial charge is 0.461 e. The molecule has 0 radical (unpaired) electrons. The van der Waals surface area contributed by atoms with Crippen LogP contribution < -0.4 is 5.32 Å². The summed E-state index contributed by atoms with van der Waals surface area (Å²) in [6, 6.07) is 21.5. The van der Waals surface area contributed by atoms with E-state index in [1.165, 1.54) is 18.2 Å². The number of halogens is 2. The Morgan fingerprint density at radius 2 is 1.59 bits per heavy atom. The minimum Gasteiger partial charge on any atom is -0.461 e. The lowest BCUT2D eigenvalue weighted by atomic mass is 10.0. The number of benzene rings is 3. The molecule has 6 heteroatoms. The van der Waals surface area contributed by atoms with E-state index >= 15 is 0 Å². The van der Waals surface area contributed by atoms with E-state index in [-0.39, 0.29) is 29.5 Å². The van der Waals surface area contributed by atoms with Crippen molar-refractivity contribution in [3.8, 4) is 0 Å². The minimum atomic E-state index is -0.590. The Hall–Kier alpha value is -3.18. The van der Waals surface area contributed by atoms with Crippen molar-refractivity contribution in [3.05, 3.63) is 106 Å². The number of carbonyl (C=O) groups is 2. The molecule has 0 aliphatic carbocycles. The first-order valence-electron chi connectivity index (χ1n) is 9.04. The average Bonchev–Trinajstić information content (AvgIpc) is 2.74. The van der Waals surface area contributed by atoms with Crippen LogP contribution in [0.4, 0.5) is 4.39 Å². The van der Waals surface area contributed by atoms with Crippen LogP contribution in [0, 0.1) is 5.82 Å². The molecule has 3 aromatic carbocycles. The van der Waals surface area contributed by atoms with Gasteiger partial charge in [-0.25, -0.2) is 4.39 Å². The SMILES string of the molecule is O=C(C[C@@H](NC(=O)c1ccccc1)c1ccccc1)OCc1c(F)cccc1Cl. The van der Waals surface area contributed by atoms with Crippen LogP contribution in [-0.4, -0.2) is 11.9 Å². The highest BCUT2D eigenvalue weighted by atomic mass is 35.5. The molecular formula is C23H19ClFNO3. The van der Waals surface area contributed by atoms with Crippen molar-refractivity contribution in [2.24, 2.45) is 0 Å². The molecule has 0 aromatic heterocycles. The number of nitrogens with one attached hydrogen (secondary N) is 1. The molecule has 0 aliphatic heterocycles. The summed E-state index contributed by atoms with van der Waals surface area (Å²) in [7, 11) is 0. The smallest absolute Gasteiger partial charge is 0.308 e. The molecule has 0 heterocycles. The molecule has 3 rings (SSSR count). The minimum absolute atomic E-state index is 0.103. The molecule has 0 saturated carbocycles. The topological polar surface area (TPSA) is 55.4 Å². The monoisotopic (exact) mass is 411 g/mol. The highest BCUT2D eigenvalue weighted by Gasteiger charge is 2.20. The van der Waals surface area contributed by atoms with E-state index in [0.717, 1.165) is 5.56 Å². The number of amides is 1. The molecule has 1 atom stereocenters. The fourth-order valence-corrected chi connectivity index (χ4v) is 3.03. The van der Waals surface area contributed by atoms with Crippen LogP contribution in [0.25, 0.3) is 0 Å². The van der Waals surface area contributed by atoms with Crippen LogP contribution in [0.3, 0.4) is 0 Å². The zero-order valence-corrected chi connectivity index (χ0v) is 16.2. The van der Waals surface area contributed by atoms with E-state index in [2.05, 4.69) is 5.32 Å². The lowest BCUT2D eigenvalue weighted by molar-refractivity contribution is -0.145. The average molecular weight is 412 g/mol. The van der Waals surface area contributed by atoms with Gasteiger partial charge in [0.25, 0.3) is 5.91 Å². The summed E-state index contributed by atoms with van der Waals surface area (Å²) in [4.78, 5) is 24.9. The zero-order chi connectivity index (χ0) is 20.6. The van der Waals surface area contributed by atoms with Gasteiger partial charge in [-0.15, -0.1) is 0 Å². The first-order valence-corrected chi connectivity index (χ1v) is 9.42. The van der Waals surface area contributed by atoms with Crippen LogP contribution in [-0.2, 0) is 16.1 Å². The summed E-state index contributed by atoms with van der Waals surface area (Å²) < 4.78 is 19.1. The molecule has 148 valence electrons. The van der Waals surface area contributed by atoms with Gasteiger partial charge in [0.05, 0.1) is 17.5 Å². The molecule has 1 N–H and O–H groups in total. The molecule has 0 bridgehead atoms. The van der Waals surface area contributed by atoms with E-state index in [0.29, 0.717) is 5.56 Å². The van der Waals surface area contributed by atoms with E-state index in [1.54, 1.807) is 24.3 Å². The summed E-state index contributed by atoms with van der Waals surface area (Å²) in [6.07, 6.45) is -0.103. The number of hydrogen-bond donors (Lipinski definition) is 1. The molecule has 0 unspecified atom stereocenters. The number of ether oxygens (including phenoxy) is 1. The van der Waals surface area contributed by atoms with E-state index < -0.39 is 17.8 Å². The molecule has 0 aliphatic rings. The summed E-state index contributed by atoms with van der Waals surface area (Å²) >= 11 is 5.96. The third kappa shape index (κ3) is 5.65. The van der Waals surface area contributed by atoms with Gasteiger partial charge in [0.2, 0.25) is 0 Å². The maximum atomic E-state index is 13.9. The number of carbonyl (C=O) groups excluding carboxylic acids is 2. The Balaban J connectivity index is 1.70. The summed E-state index contributed by atoms with van der Waals surface area (Å²) in [5.41, 5.74) is 1.37. The Kier molecular flexibility index (Phi) is 6.98. The Morgan fingerprint density at radius 1 is 0.931 bits per heavy atom. The first kappa shape index (κ1) is 20.6. The molecule has 1 amide bonds. The van der Waals surface area contributed by atoms with Crippen LogP contribution in [0.5, 0.6) is 0 Å². The van der Waals surface area contributed by atoms with E-state index in [1.807, 2.05) is 36.4 Å². The highest BCUT2D eigenvalue weighted by Crippen LogP contribution is 2.22. The van der Waals surface area contributed by atoms with Gasteiger partial charge in [0.15, 0.2) is 0 Å². The maximum absolute atomic E-state index is 13.9. The summed E-state index contributed by atoms with van der Waals surface area (Å²) in [6.45, 7) is -0.279. The van der Waals surface area contributed by atoms with Crippen molar-refractivity contribution in [2.45, 2.75) is 19.1 Å². The van der Waals surface area contributed by atoms with Gasteiger partial charge in [-0.3, -0.25) is 9.59 Å². The van der Waals surface area contributed by atoms with Crippen LogP contribution in [0.1, 0.15) is 33.9 Å². The van der Waals surface area contributed by atoms with Gasteiger partial charge in [-0.1, -0.05) is 66.2 Å². The zero-order valence-electron chi connectivity index (χ0n) is 15.5. The molecule has 3 aromatic rings. The van der Waals surface area contributed by atoms with Gasteiger partial charge in [-0.05, 0) is 29.8 Å². The number of hydrogen-bond acceptors (Lipinski definition) is 3. The normalized spacial score (nSPS) is 11.5. The summed E-state index contributed by atoms with van der Waals surface area (Å²) in [5.74, 6) is -1.42. The van der Waals surface area contributed by atoms with Crippen molar-refractivity contribution in [3.63, 3.8) is 0 Å². The second kappa shape index (κ2) is 9.85. The predicted octanol–water partition coefficient (Wildman–Crippen LogP) is 5.08. The fraction of sp³-hybridized carbons (Fsp3) is 0.130. The van der Waals surface area contributed by atoms with Crippen LogP contribution in [0.2, 0.25) is 5.02 Å². The van der Waals surface area contributed by atoms with Crippen LogP contribution >= 0.6 is 11.6 Å². The van der Waals surface area contributed by atoms with Gasteiger partial charge in [0, 0.05) is 11.1 Å². The second-order valence-corrected chi connectivity index (χ2v) is 6.77. The van der Waals surface area contributed by atoms with Gasteiger partial charge < -0.3 is 10.1 Å². The van der Waals surface area contributed by atoms with Crippen LogP contribution in [0.15, 0.2) is 78.9 Å². The molecule has 0 saturated heterocycles. The molecular weight excluding hydrogens is 393 g/mol. The van der Waals surface area contributed by atoms with Crippen molar-refractivity contribution in [2.75, 3.05) is 0 Å². The standard InChI is InChI=1S/C23H19ClFNO3/c24-19-12-7-13-20(25)18(19)15-29-22(27)14-21(16-8-3-1-4-9-16)26-23(28)17-10-5-2-6-11-17/h1-13,21H,14-15H2,(H,26,28)/t21-/m1/s1. The number of esters is 1. The maximum Gasteiger partial charge on any atom is 0.308 e. The molecule has 29 heavy (non-hydrogen) atoms. The lowest BCUT2D eigenvalue weighted by Crippen LogP contribution is -2.30. The van der Waals surface area contributed by atoms with Gasteiger partial charge in [-0.2, -0.15) is 0 Å². The predicted molar refractivity (Wildman–Crippen MR) is 109 cm³/mol.